The van der Waals surface area contributed by atoms with Gasteiger partial charge in [0.25, 0.3) is 0 Å². The standard InChI is InChI=1S/C11H13N3O2/c12-5-9-1-2-13-7-11(9)16-8-10-6-14-3-4-15-10/h1-2,7,10,14H,3-4,6,8H2. The summed E-state index contributed by atoms with van der Waals surface area (Å²) in [7, 11) is 0. The first kappa shape index (κ1) is 10.9. The molecule has 1 unspecified atom stereocenters. The van der Waals surface area contributed by atoms with Crippen molar-refractivity contribution in [3.8, 4) is 11.8 Å². The van der Waals surface area contributed by atoms with Crippen LogP contribution in [0.25, 0.3) is 0 Å². The molecule has 0 amide bonds. The van der Waals surface area contributed by atoms with Crippen LogP contribution in [0.4, 0.5) is 0 Å². The zero-order chi connectivity index (χ0) is 11.2. The summed E-state index contributed by atoms with van der Waals surface area (Å²) in [5, 5.41) is 12.1. The molecule has 1 N–H and O–H groups in total. The molecule has 0 spiro atoms. The largest absolute Gasteiger partial charge is 0.488 e. The zero-order valence-electron chi connectivity index (χ0n) is 8.85. The third kappa shape index (κ3) is 2.69. The Labute approximate surface area is 94.0 Å². The third-order valence-corrected chi connectivity index (χ3v) is 2.33. The third-order valence-electron chi connectivity index (χ3n) is 2.33. The Hall–Kier alpha value is -1.64. The molecular formula is C11H13N3O2. The van der Waals surface area contributed by atoms with Gasteiger partial charge in [-0.3, -0.25) is 4.98 Å². The van der Waals surface area contributed by atoms with Crippen LogP contribution < -0.4 is 10.1 Å². The van der Waals surface area contributed by atoms with Crippen LogP contribution in [0.3, 0.4) is 0 Å². The van der Waals surface area contributed by atoms with Gasteiger partial charge < -0.3 is 14.8 Å². The highest BCUT2D eigenvalue weighted by molar-refractivity contribution is 5.40. The van der Waals surface area contributed by atoms with Gasteiger partial charge in [-0.1, -0.05) is 0 Å². The van der Waals surface area contributed by atoms with Crippen molar-refractivity contribution in [3.63, 3.8) is 0 Å². The van der Waals surface area contributed by atoms with E-state index in [2.05, 4.69) is 16.4 Å². The average Bonchev–Trinajstić information content (AvgIpc) is 2.38. The van der Waals surface area contributed by atoms with Crippen LogP contribution in [-0.2, 0) is 4.74 Å². The molecule has 1 aliphatic heterocycles. The van der Waals surface area contributed by atoms with Crippen LogP contribution in [0.2, 0.25) is 0 Å². The van der Waals surface area contributed by atoms with Gasteiger partial charge in [0.15, 0.2) is 5.75 Å². The maximum Gasteiger partial charge on any atom is 0.155 e. The molecule has 0 aliphatic carbocycles. The fourth-order valence-electron chi connectivity index (χ4n) is 1.50. The number of nitrogens with zero attached hydrogens (tertiary/aromatic N) is 2. The Kier molecular flexibility index (Phi) is 3.70. The van der Waals surface area contributed by atoms with Gasteiger partial charge in [-0.25, -0.2) is 0 Å². The van der Waals surface area contributed by atoms with Crippen LogP contribution in [-0.4, -0.2) is 37.4 Å². The molecule has 16 heavy (non-hydrogen) atoms. The highest BCUT2D eigenvalue weighted by atomic mass is 16.5. The summed E-state index contributed by atoms with van der Waals surface area (Å²) < 4.78 is 11.0. The molecule has 0 saturated carbocycles. The molecule has 1 aliphatic rings. The minimum absolute atomic E-state index is 0.0421. The number of aromatic nitrogens is 1. The molecule has 1 aromatic heterocycles. The Morgan fingerprint density at radius 1 is 1.69 bits per heavy atom. The number of morpholine rings is 1. The average molecular weight is 219 g/mol. The monoisotopic (exact) mass is 219 g/mol. The van der Waals surface area contributed by atoms with E-state index in [0.29, 0.717) is 24.5 Å². The molecular weight excluding hydrogens is 206 g/mol. The lowest BCUT2D eigenvalue weighted by Crippen LogP contribution is -2.41. The van der Waals surface area contributed by atoms with Gasteiger partial charge in [-0.15, -0.1) is 0 Å². The minimum atomic E-state index is 0.0421. The molecule has 84 valence electrons. The molecule has 0 bridgehead atoms. The van der Waals surface area contributed by atoms with Gasteiger partial charge in [0.05, 0.1) is 18.4 Å². The Morgan fingerprint density at radius 3 is 3.38 bits per heavy atom. The lowest BCUT2D eigenvalue weighted by molar-refractivity contribution is 0.0000703. The summed E-state index contributed by atoms with van der Waals surface area (Å²) in [6.07, 6.45) is 3.17. The van der Waals surface area contributed by atoms with Gasteiger partial charge in [0.2, 0.25) is 0 Å². The summed E-state index contributed by atoms with van der Waals surface area (Å²) in [4.78, 5) is 3.92. The number of hydrogen-bond donors (Lipinski definition) is 1. The molecule has 5 heteroatoms. The SMILES string of the molecule is N#Cc1ccncc1OCC1CNCCO1. The fraction of sp³-hybridized carbons (Fsp3) is 0.455. The van der Waals surface area contributed by atoms with E-state index in [1.165, 1.54) is 0 Å². The van der Waals surface area contributed by atoms with Crippen molar-refractivity contribution < 1.29 is 9.47 Å². The smallest absolute Gasteiger partial charge is 0.155 e. The number of ether oxygens (including phenoxy) is 2. The van der Waals surface area contributed by atoms with E-state index >= 15 is 0 Å². The molecule has 1 atom stereocenters. The second-order valence-electron chi connectivity index (χ2n) is 3.49. The Balaban J connectivity index is 1.91. The van der Waals surface area contributed by atoms with Crippen LogP contribution in [0.1, 0.15) is 5.56 Å². The summed E-state index contributed by atoms with van der Waals surface area (Å²) in [5.74, 6) is 0.513. The lowest BCUT2D eigenvalue weighted by Gasteiger charge is -2.23. The van der Waals surface area contributed by atoms with E-state index in [-0.39, 0.29) is 6.10 Å². The van der Waals surface area contributed by atoms with Crippen molar-refractivity contribution in [1.82, 2.24) is 10.3 Å². The second kappa shape index (κ2) is 5.45. The van der Waals surface area contributed by atoms with Gasteiger partial charge >= 0.3 is 0 Å². The van der Waals surface area contributed by atoms with Crippen LogP contribution in [0, 0.1) is 11.3 Å². The van der Waals surface area contributed by atoms with Crippen molar-refractivity contribution >= 4 is 0 Å². The molecule has 2 heterocycles. The zero-order valence-corrected chi connectivity index (χ0v) is 8.85. The van der Waals surface area contributed by atoms with Gasteiger partial charge in [0.1, 0.15) is 18.8 Å². The van der Waals surface area contributed by atoms with Crippen LogP contribution in [0.5, 0.6) is 5.75 Å². The predicted molar refractivity (Wildman–Crippen MR) is 57.1 cm³/mol. The van der Waals surface area contributed by atoms with E-state index in [1.54, 1.807) is 18.5 Å². The first-order valence-electron chi connectivity index (χ1n) is 5.19. The summed E-state index contributed by atoms with van der Waals surface area (Å²) in [6.45, 7) is 2.80. The fourth-order valence-corrected chi connectivity index (χ4v) is 1.50. The van der Waals surface area contributed by atoms with E-state index in [0.717, 1.165) is 13.1 Å². The summed E-state index contributed by atoms with van der Waals surface area (Å²) in [6, 6.07) is 3.70. The van der Waals surface area contributed by atoms with E-state index in [4.69, 9.17) is 14.7 Å². The predicted octanol–water partition coefficient (Wildman–Crippen LogP) is 0.320. The Bertz CT molecular complexity index is 383. The first-order valence-corrected chi connectivity index (χ1v) is 5.19. The number of rotatable bonds is 3. The molecule has 2 rings (SSSR count). The van der Waals surface area contributed by atoms with Crippen LogP contribution >= 0.6 is 0 Å². The van der Waals surface area contributed by atoms with Crippen molar-refractivity contribution in [3.05, 3.63) is 24.0 Å². The molecule has 5 nitrogen and oxygen atoms in total. The first-order chi connectivity index (χ1) is 7.90. The minimum Gasteiger partial charge on any atom is -0.488 e. The molecule has 0 radical (unpaired) electrons. The molecule has 1 aromatic rings. The molecule has 1 fully saturated rings. The van der Waals surface area contributed by atoms with Crippen molar-refractivity contribution in [2.75, 3.05) is 26.3 Å². The number of nitrogens with one attached hydrogen (secondary N) is 1. The van der Waals surface area contributed by atoms with Gasteiger partial charge in [0, 0.05) is 19.3 Å². The highest BCUT2D eigenvalue weighted by Crippen LogP contribution is 2.15. The topological polar surface area (TPSA) is 67.2 Å². The maximum absolute atomic E-state index is 8.85. The second-order valence-corrected chi connectivity index (χ2v) is 3.49. The lowest BCUT2D eigenvalue weighted by atomic mass is 10.2. The summed E-state index contributed by atoms with van der Waals surface area (Å²) >= 11 is 0. The number of hydrogen-bond acceptors (Lipinski definition) is 5. The van der Waals surface area contributed by atoms with Crippen molar-refractivity contribution in [2.45, 2.75) is 6.10 Å². The maximum atomic E-state index is 8.85. The van der Waals surface area contributed by atoms with Crippen molar-refractivity contribution in [2.24, 2.45) is 0 Å². The number of nitriles is 1. The normalized spacial score (nSPS) is 20.1. The van der Waals surface area contributed by atoms with Crippen LogP contribution in [0.15, 0.2) is 18.5 Å². The number of pyridine rings is 1. The molecule has 1 saturated heterocycles. The van der Waals surface area contributed by atoms with Crippen molar-refractivity contribution in [1.29, 1.82) is 5.26 Å². The quantitative estimate of drug-likeness (QED) is 0.793. The molecule has 0 aromatic carbocycles. The van der Waals surface area contributed by atoms with E-state index < -0.39 is 0 Å². The van der Waals surface area contributed by atoms with E-state index in [1.807, 2.05) is 0 Å². The highest BCUT2D eigenvalue weighted by Gasteiger charge is 2.14. The van der Waals surface area contributed by atoms with Gasteiger partial charge in [-0.2, -0.15) is 5.26 Å². The Morgan fingerprint density at radius 2 is 2.62 bits per heavy atom. The van der Waals surface area contributed by atoms with E-state index in [9.17, 15) is 0 Å². The van der Waals surface area contributed by atoms with Gasteiger partial charge in [-0.05, 0) is 6.07 Å². The summed E-state index contributed by atoms with van der Waals surface area (Å²) in [5.41, 5.74) is 0.499.